The molecule has 0 aliphatic carbocycles. The highest BCUT2D eigenvalue weighted by molar-refractivity contribution is 14.0. The number of nitrogens with two attached hydrogens (primary N) is 1. The number of methoxy groups -OCH3 is 1. The van der Waals surface area contributed by atoms with Gasteiger partial charge < -0.3 is 15.8 Å². The van der Waals surface area contributed by atoms with Crippen molar-refractivity contribution in [3.05, 3.63) is 64.7 Å². The van der Waals surface area contributed by atoms with Crippen molar-refractivity contribution < 1.29 is 4.74 Å². The molecule has 0 atom stereocenters. The topological polar surface area (TPSA) is 59.6 Å². The second kappa shape index (κ2) is 11.1. The molecule has 3 N–H and O–H groups in total. The Balaban J connectivity index is 0.00000312. The molecule has 2 rings (SSSR count). The SMILES string of the molecule is CCc1cccc(CC)c1NC(N)=NCc1cccc(COC)c1.I. The Labute approximate surface area is 167 Å². The number of para-hydroxylation sites is 1. The first kappa shape index (κ1) is 21.4. The van der Waals surface area contributed by atoms with Crippen LogP contribution >= 0.6 is 24.0 Å². The summed E-state index contributed by atoms with van der Waals surface area (Å²) in [5.74, 6) is 0.447. The summed E-state index contributed by atoms with van der Waals surface area (Å²) in [4.78, 5) is 4.48. The minimum Gasteiger partial charge on any atom is -0.380 e. The average molecular weight is 453 g/mol. The van der Waals surface area contributed by atoms with Gasteiger partial charge in [-0.05, 0) is 35.1 Å². The van der Waals surface area contributed by atoms with Crippen molar-refractivity contribution in [2.45, 2.75) is 39.8 Å². The van der Waals surface area contributed by atoms with E-state index < -0.39 is 0 Å². The van der Waals surface area contributed by atoms with Gasteiger partial charge in [-0.1, -0.05) is 56.3 Å². The van der Waals surface area contributed by atoms with Crippen molar-refractivity contribution >= 4 is 35.6 Å². The monoisotopic (exact) mass is 453 g/mol. The van der Waals surface area contributed by atoms with Crippen molar-refractivity contribution in [1.82, 2.24) is 0 Å². The number of anilines is 1. The summed E-state index contributed by atoms with van der Waals surface area (Å²) in [6.07, 6.45) is 1.92. The molecular weight excluding hydrogens is 425 g/mol. The van der Waals surface area contributed by atoms with E-state index in [0.29, 0.717) is 19.1 Å². The van der Waals surface area contributed by atoms with Crippen molar-refractivity contribution in [2.24, 2.45) is 10.7 Å². The Kier molecular flexibility index (Phi) is 9.52. The molecular formula is C20H28IN3O. The number of rotatable bonds is 7. The zero-order chi connectivity index (χ0) is 17.4. The van der Waals surface area contributed by atoms with E-state index in [1.54, 1.807) is 7.11 Å². The van der Waals surface area contributed by atoms with E-state index in [1.807, 2.05) is 18.2 Å². The maximum atomic E-state index is 6.11. The number of aryl methyl sites for hydroxylation is 2. The van der Waals surface area contributed by atoms with Gasteiger partial charge in [0.05, 0.1) is 13.2 Å². The lowest BCUT2D eigenvalue weighted by atomic mass is 10.0. The summed E-state index contributed by atoms with van der Waals surface area (Å²) < 4.78 is 5.17. The summed E-state index contributed by atoms with van der Waals surface area (Å²) in [6.45, 7) is 5.45. The molecule has 0 heterocycles. The van der Waals surface area contributed by atoms with Gasteiger partial charge in [0, 0.05) is 12.8 Å². The van der Waals surface area contributed by atoms with Crippen LogP contribution in [0.2, 0.25) is 0 Å². The molecule has 5 heteroatoms. The van der Waals surface area contributed by atoms with Gasteiger partial charge in [-0.3, -0.25) is 0 Å². The fourth-order valence-electron chi connectivity index (χ4n) is 2.73. The number of aliphatic imine (C=N–C) groups is 1. The number of guanidine groups is 1. The molecule has 0 aliphatic heterocycles. The van der Waals surface area contributed by atoms with E-state index in [2.05, 4.69) is 48.4 Å². The quantitative estimate of drug-likeness (QED) is 0.369. The summed E-state index contributed by atoms with van der Waals surface area (Å²) in [5.41, 5.74) is 12.0. The lowest BCUT2D eigenvalue weighted by Gasteiger charge is -2.15. The number of benzene rings is 2. The highest BCUT2D eigenvalue weighted by atomic mass is 127. The van der Waals surface area contributed by atoms with E-state index in [4.69, 9.17) is 10.5 Å². The van der Waals surface area contributed by atoms with Crippen LogP contribution in [0.25, 0.3) is 0 Å². The van der Waals surface area contributed by atoms with Crippen molar-refractivity contribution in [1.29, 1.82) is 0 Å². The van der Waals surface area contributed by atoms with E-state index >= 15 is 0 Å². The molecule has 0 spiro atoms. The van der Waals surface area contributed by atoms with Crippen molar-refractivity contribution in [3.63, 3.8) is 0 Å². The first-order valence-electron chi connectivity index (χ1n) is 8.42. The van der Waals surface area contributed by atoms with Gasteiger partial charge >= 0.3 is 0 Å². The lowest BCUT2D eigenvalue weighted by Crippen LogP contribution is -2.24. The molecule has 0 saturated carbocycles. The van der Waals surface area contributed by atoms with Crippen LogP contribution in [0.4, 0.5) is 5.69 Å². The maximum Gasteiger partial charge on any atom is 0.193 e. The lowest BCUT2D eigenvalue weighted by molar-refractivity contribution is 0.185. The van der Waals surface area contributed by atoms with Gasteiger partial charge in [0.1, 0.15) is 0 Å². The molecule has 0 amide bonds. The molecule has 0 fully saturated rings. The Morgan fingerprint density at radius 2 is 1.64 bits per heavy atom. The number of hydrogen-bond acceptors (Lipinski definition) is 2. The molecule has 0 bridgehead atoms. The number of nitrogens with zero attached hydrogens (tertiary/aromatic N) is 1. The molecule has 0 aliphatic rings. The zero-order valence-electron chi connectivity index (χ0n) is 15.2. The Morgan fingerprint density at radius 1 is 1.04 bits per heavy atom. The second-order valence-corrected chi connectivity index (χ2v) is 5.74. The van der Waals surface area contributed by atoms with Crippen LogP contribution in [0.1, 0.15) is 36.1 Å². The first-order chi connectivity index (χ1) is 11.7. The molecule has 0 saturated heterocycles. The van der Waals surface area contributed by atoms with Crippen LogP contribution in [-0.4, -0.2) is 13.1 Å². The fraction of sp³-hybridized carbons (Fsp3) is 0.350. The fourth-order valence-corrected chi connectivity index (χ4v) is 2.73. The summed E-state index contributed by atoms with van der Waals surface area (Å²) >= 11 is 0. The normalized spacial score (nSPS) is 11.1. The maximum absolute atomic E-state index is 6.11. The zero-order valence-corrected chi connectivity index (χ0v) is 17.5. The number of ether oxygens (including phenoxy) is 1. The van der Waals surface area contributed by atoms with Crippen molar-refractivity contribution in [2.75, 3.05) is 12.4 Å². The predicted molar refractivity (Wildman–Crippen MR) is 117 cm³/mol. The molecule has 0 unspecified atom stereocenters. The summed E-state index contributed by atoms with van der Waals surface area (Å²) in [6, 6.07) is 14.6. The van der Waals surface area contributed by atoms with Gasteiger partial charge in [0.15, 0.2) is 5.96 Å². The number of halogens is 1. The van der Waals surface area contributed by atoms with E-state index in [1.165, 1.54) is 11.1 Å². The molecule has 136 valence electrons. The van der Waals surface area contributed by atoms with Crippen LogP contribution in [0.5, 0.6) is 0 Å². The molecule has 4 nitrogen and oxygen atoms in total. The summed E-state index contributed by atoms with van der Waals surface area (Å²) in [7, 11) is 1.70. The van der Waals surface area contributed by atoms with Gasteiger partial charge in [-0.2, -0.15) is 0 Å². The smallest absolute Gasteiger partial charge is 0.193 e. The average Bonchev–Trinajstić information content (AvgIpc) is 2.61. The van der Waals surface area contributed by atoms with Crippen molar-refractivity contribution in [3.8, 4) is 0 Å². The van der Waals surface area contributed by atoms with Gasteiger partial charge in [0.2, 0.25) is 0 Å². The Hall–Kier alpha value is -1.60. The largest absolute Gasteiger partial charge is 0.380 e. The minimum atomic E-state index is 0. The third-order valence-corrected chi connectivity index (χ3v) is 3.99. The van der Waals surface area contributed by atoms with Crippen LogP contribution in [-0.2, 0) is 30.7 Å². The standard InChI is InChI=1S/C20H27N3O.HI/c1-4-17-10-7-11-18(5-2)19(17)23-20(21)22-13-15-8-6-9-16(12-15)14-24-3;/h6-12H,4-5,13-14H2,1-3H3,(H3,21,22,23);1H. The minimum absolute atomic E-state index is 0. The van der Waals surface area contributed by atoms with Crippen LogP contribution < -0.4 is 11.1 Å². The molecule has 25 heavy (non-hydrogen) atoms. The third-order valence-electron chi connectivity index (χ3n) is 3.99. The highest BCUT2D eigenvalue weighted by Gasteiger charge is 2.07. The van der Waals surface area contributed by atoms with E-state index in [9.17, 15) is 0 Å². The van der Waals surface area contributed by atoms with E-state index in [-0.39, 0.29) is 24.0 Å². The summed E-state index contributed by atoms with van der Waals surface area (Å²) in [5, 5.41) is 3.29. The van der Waals surface area contributed by atoms with Crippen LogP contribution in [0, 0.1) is 0 Å². The van der Waals surface area contributed by atoms with E-state index in [0.717, 1.165) is 29.7 Å². The van der Waals surface area contributed by atoms with Crippen LogP contribution in [0.3, 0.4) is 0 Å². The number of hydrogen-bond donors (Lipinski definition) is 2. The highest BCUT2D eigenvalue weighted by Crippen LogP contribution is 2.22. The van der Waals surface area contributed by atoms with Crippen LogP contribution in [0.15, 0.2) is 47.5 Å². The molecule has 2 aromatic rings. The Morgan fingerprint density at radius 3 is 2.24 bits per heavy atom. The van der Waals surface area contributed by atoms with Gasteiger partial charge in [-0.15, -0.1) is 24.0 Å². The predicted octanol–water partition coefficient (Wildman–Crippen LogP) is 4.50. The Bertz CT molecular complexity index is 679. The molecule has 2 aromatic carbocycles. The van der Waals surface area contributed by atoms with Gasteiger partial charge in [0.25, 0.3) is 0 Å². The number of nitrogens with one attached hydrogen (secondary N) is 1. The second-order valence-electron chi connectivity index (χ2n) is 5.74. The third kappa shape index (κ3) is 6.32. The molecule has 0 aromatic heterocycles. The van der Waals surface area contributed by atoms with Gasteiger partial charge in [-0.25, -0.2) is 4.99 Å². The first-order valence-corrected chi connectivity index (χ1v) is 8.42. The molecule has 0 radical (unpaired) electrons.